The number of nitrogens with zero attached hydrogens (tertiary/aromatic N) is 3. The number of aliphatic hydroxyl groups excluding tert-OH is 1. The van der Waals surface area contributed by atoms with Gasteiger partial charge >= 0.3 is 0 Å². The highest BCUT2D eigenvalue weighted by molar-refractivity contribution is 6.29. The molecule has 0 saturated carbocycles. The first-order valence-corrected chi connectivity index (χ1v) is 3.78. The lowest BCUT2D eigenvalue weighted by Gasteiger charge is -1.94. The summed E-state index contributed by atoms with van der Waals surface area (Å²) in [6, 6.07) is 1.64. The maximum absolute atomic E-state index is 8.88. The Morgan fingerprint density at radius 3 is 3.17 bits per heavy atom. The van der Waals surface area contributed by atoms with Gasteiger partial charge in [0.05, 0.1) is 12.8 Å². The average Bonchev–Trinajstić information content (AvgIpc) is 2.49. The predicted molar refractivity (Wildman–Crippen MR) is 43.9 cm³/mol. The van der Waals surface area contributed by atoms with E-state index in [0.717, 1.165) is 0 Å². The molecule has 0 aliphatic heterocycles. The van der Waals surface area contributed by atoms with Gasteiger partial charge in [-0.05, 0) is 6.07 Å². The third kappa shape index (κ3) is 0.964. The zero-order valence-corrected chi connectivity index (χ0v) is 6.86. The Bertz CT molecular complexity index is 412. The fourth-order valence-corrected chi connectivity index (χ4v) is 1.20. The van der Waals surface area contributed by atoms with Crippen LogP contribution in [0.4, 0.5) is 0 Å². The van der Waals surface area contributed by atoms with E-state index in [0.29, 0.717) is 16.4 Å². The molecule has 0 aromatic carbocycles. The lowest BCUT2D eigenvalue weighted by molar-refractivity contribution is 0.283. The van der Waals surface area contributed by atoms with Crippen LogP contribution in [-0.2, 0) is 6.61 Å². The molecule has 0 amide bonds. The topological polar surface area (TPSA) is 50.4 Å². The van der Waals surface area contributed by atoms with Gasteiger partial charge in [-0.3, -0.25) is 0 Å². The Labute approximate surface area is 73.4 Å². The van der Waals surface area contributed by atoms with Crippen molar-refractivity contribution >= 4 is 17.2 Å². The van der Waals surface area contributed by atoms with Gasteiger partial charge in [0, 0.05) is 11.8 Å². The van der Waals surface area contributed by atoms with Gasteiger partial charge in [-0.2, -0.15) is 5.10 Å². The van der Waals surface area contributed by atoms with Crippen molar-refractivity contribution in [1.82, 2.24) is 14.6 Å². The Morgan fingerprint density at radius 2 is 2.42 bits per heavy atom. The van der Waals surface area contributed by atoms with E-state index in [1.807, 2.05) is 0 Å². The number of hydrogen-bond donors (Lipinski definition) is 1. The molecule has 5 heteroatoms. The van der Waals surface area contributed by atoms with E-state index in [2.05, 4.69) is 10.1 Å². The highest BCUT2D eigenvalue weighted by atomic mass is 35.5. The van der Waals surface area contributed by atoms with Crippen molar-refractivity contribution in [2.75, 3.05) is 0 Å². The molecule has 1 N–H and O–H groups in total. The molecule has 62 valence electrons. The van der Waals surface area contributed by atoms with Crippen LogP contribution in [0.1, 0.15) is 5.56 Å². The van der Waals surface area contributed by atoms with E-state index in [-0.39, 0.29) is 6.61 Å². The first-order valence-electron chi connectivity index (χ1n) is 3.41. The molecule has 0 unspecified atom stereocenters. The highest BCUT2D eigenvalue weighted by Gasteiger charge is 2.05. The third-order valence-corrected chi connectivity index (χ3v) is 1.88. The molecule has 0 spiro atoms. The van der Waals surface area contributed by atoms with Crippen LogP contribution in [0.2, 0.25) is 5.15 Å². The van der Waals surface area contributed by atoms with Crippen LogP contribution in [0.25, 0.3) is 5.65 Å². The minimum Gasteiger partial charge on any atom is -0.391 e. The van der Waals surface area contributed by atoms with E-state index < -0.39 is 0 Å². The summed E-state index contributed by atoms with van der Waals surface area (Å²) in [4.78, 5) is 4.03. The molecule has 0 atom stereocenters. The molecule has 0 aliphatic rings. The van der Waals surface area contributed by atoms with Crippen LogP contribution in [0, 0.1) is 0 Å². The van der Waals surface area contributed by atoms with E-state index in [9.17, 15) is 0 Å². The summed E-state index contributed by atoms with van der Waals surface area (Å²) in [5.41, 5.74) is 1.28. The molecule has 0 aliphatic carbocycles. The van der Waals surface area contributed by atoms with Crippen LogP contribution in [0.3, 0.4) is 0 Å². The second kappa shape index (κ2) is 2.73. The van der Waals surface area contributed by atoms with Crippen molar-refractivity contribution < 1.29 is 5.11 Å². The van der Waals surface area contributed by atoms with Crippen molar-refractivity contribution in [2.24, 2.45) is 0 Å². The summed E-state index contributed by atoms with van der Waals surface area (Å²) < 4.78 is 1.48. The first-order chi connectivity index (χ1) is 5.83. The van der Waals surface area contributed by atoms with Gasteiger partial charge in [-0.15, -0.1) is 0 Å². The van der Waals surface area contributed by atoms with E-state index in [1.54, 1.807) is 18.5 Å². The lowest BCUT2D eigenvalue weighted by atomic mass is 10.4. The zero-order chi connectivity index (χ0) is 8.55. The van der Waals surface area contributed by atoms with Crippen molar-refractivity contribution in [3.8, 4) is 0 Å². The highest BCUT2D eigenvalue weighted by Crippen LogP contribution is 2.12. The Morgan fingerprint density at radius 1 is 1.58 bits per heavy atom. The molecule has 2 aromatic rings. The van der Waals surface area contributed by atoms with E-state index >= 15 is 0 Å². The molecule has 4 nitrogen and oxygen atoms in total. The summed E-state index contributed by atoms with van der Waals surface area (Å²) in [6.45, 7) is -0.0726. The van der Waals surface area contributed by atoms with Crippen molar-refractivity contribution in [3.63, 3.8) is 0 Å². The first kappa shape index (κ1) is 7.52. The largest absolute Gasteiger partial charge is 0.391 e. The predicted octanol–water partition coefficient (Wildman–Crippen LogP) is 0.875. The van der Waals surface area contributed by atoms with Crippen LogP contribution in [0.5, 0.6) is 0 Å². The van der Waals surface area contributed by atoms with Gasteiger partial charge in [-0.1, -0.05) is 11.6 Å². The van der Waals surface area contributed by atoms with Crippen molar-refractivity contribution in [2.45, 2.75) is 6.61 Å². The number of aromatic nitrogens is 3. The van der Waals surface area contributed by atoms with Gasteiger partial charge in [0.1, 0.15) is 5.15 Å². The molecule has 12 heavy (non-hydrogen) atoms. The second-order valence-electron chi connectivity index (χ2n) is 2.33. The number of fused-ring (bicyclic) bond motifs is 1. The second-order valence-corrected chi connectivity index (χ2v) is 2.72. The van der Waals surface area contributed by atoms with E-state index in [1.165, 1.54) is 4.52 Å². The summed E-state index contributed by atoms with van der Waals surface area (Å²) >= 11 is 5.81. The molecule has 2 rings (SSSR count). The normalized spacial score (nSPS) is 10.8. The minimum absolute atomic E-state index is 0.0726. The lowest BCUT2D eigenvalue weighted by Crippen LogP contribution is -1.91. The number of aliphatic hydroxyl groups is 1. The molecule has 2 aromatic heterocycles. The van der Waals surface area contributed by atoms with Crippen LogP contribution >= 0.6 is 11.6 Å². The van der Waals surface area contributed by atoms with Crippen molar-refractivity contribution in [3.05, 3.63) is 29.2 Å². The maximum atomic E-state index is 8.88. The number of hydrogen-bond acceptors (Lipinski definition) is 3. The summed E-state index contributed by atoms with van der Waals surface area (Å²) in [6.07, 6.45) is 3.13. The van der Waals surface area contributed by atoms with Crippen molar-refractivity contribution in [1.29, 1.82) is 0 Å². The Balaban J connectivity index is 2.80. The zero-order valence-electron chi connectivity index (χ0n) is 6.11. The molecule has 0 fully saturated rings. The third-order valence-electron chi connectivity index (χ3n) is 1.60. The summed E-state index contributed by atoms with van der Waals surface area (Å²) in [5, 5.41) is 13.3. The maximum Gasteiger partial charge on any atom is 0.162 e. The van der Waals surface area contributed by atoms with Gasteiger partial charge in [0.15, 0.2) is 5.65 Å². The monoisotopic (exact) mass is 183 g/mol. The number of halogens is 1. The summed E-state index contributed by atoms with van der Waals surface area (Å²) in [7, 11) is 0. The van der Waals surface area contributed by atoms with Gasteiger partial charge in [0.25, 0.3) is 0 Å². The fraction of sp³-hybridized carbons (Fsp3) is 0.143. The number of rotatable bonds is 1. The molecule has 0 radical (unpaired) electrons. The quantitative estimate of drug-likeness (QED) is 0.668. The van der Waals surface area contributed by atoms with Crippen LogP contribution in [-0.4, -0.2) is 19.7 Å². The average molecular weight is 184 g/mol. The standard InChI is InChI=1S/C7H6ClN3O/c8-6-1-2-9-7-5(4-12)3-10-11(6)7/h1-3,12H,4H2. The molecular weight excluding hydrogens is 178 g/mol. The SMILES string of the molecule is OCc1cnn2c(Cl)ccnc12. The van der Waals surface area contributed by atoms with Crippen LogP contribution in [0.15, 0.2) is 18.5 Å². The fourth-order valence-electron chi connectivity index (χ4n) is 1.02. The van der Waals surface area contributed by atoms with Gasteiger partial charge in [-0.25, -0.2) is 9.50 Å². The minimum atomic E-state index is -0.0726. The summed E-state index contributed by atoms with van der Waals surface area (Å²) in [5.74, 6) is 0. The molecule has 0 saturated heterocycles. The molecule has 0 bridgehead atoms. The van der Waals surface area contributed by atoms with Gasteiger partial charge in [0.2, 0.25) is 0 Å². The van der Waals surface area contributed by atoms with E-state index in [4.69, 9.17) is 16.7 Å². The molecule has 2 heterocycles. The van der Waals surface area contributed by atoms with Gasteiger partial charge < -0.3 is 5.11 Å². The Hall–Kier alpha value is -1.13. The van der Waals surface area contributed by atoms with Crippen LogP contribution < -0.4 is 0 Å². The molecular formula is C7H6ClN3O. The smallest absolute Gasteiger partial charge is 0.162 e. The Kier molecular flexibility index (Phi) is 1.71.